The van der Waals surface area contributed by atoms with Gasteiger partial charge in [0, 0.05) is 126 Å². The van der Waals surface area contributed by atoms with Crippen LogP contribution in [0.3, 0.4) is 0 Å². The molecule has 0 saturated carbocycles. The van der Waals surface area contributed by atoms with Crippen molar-refractivity contribution in [1.29, 1.82) is 0 Å². The standard InChI is InChI=1S/C27H34N6O6S.C27H34N6O5S.C20H26N4O4S.C19H24N4O4S/c1-5-13-33(14-15-38-3)26(34)22-17-24(30-32(22)2)40(36,37)31-27(35)29-25-20-8-6-7-18(20)9-10-21(25)19-11-12-28-23(16-19)39-4;1-27(2,17-32-15-20(16-32)37-3)33-13-11-24(30-33)39(35,36)31-26(34)29-25-21-7-5-6-18(21)8-9-22(25)19-10-12-28-23(14-19)38-4;1-20(2,26)12-24-11-15(10-21-24)29(27,28)23-19(25)22-18-16-7-3-5-13(16)9-14-6-4-8-17(14)18;1-12(24)10-23-11-15(9-20-23)28(26,27)22-19(25)21-18-16-6-2-4-13(16)8-14-5-3-7-17(14)18/h9-12,16-17H,5-8,13-15H2,1-4H3,(H2,29,31,35);8-14,20H,5-7,15-17H2,1-4H3,(H2,29,31,34);9-11,26H,3-8,12H2,1-2H3,(H2,22,23,25);8-9,11-12,24H,2-7,10H2,1H3,(H2,21,22,25)/t;;;12-/m...1/s1. The van der Waals surface area contributed by atoms with E-state index in [1.54, 1.807) is 81.4 Å². The zero-order valence-electron chi connectivity index (χ0n) is 78.1. The van der Waals surface area contributed by atoms with Gasteiger partial charge in [-0.1, -0.05) is 43.3 Å². The van der Waals surface area contributed by atoms with Crippen molar-refractivity contribution in [2.45, 2.75) is 220 Å². The molecular formula is C93H118N20O19S4. The number of fused-ring (bicyclic) bond motifs is 6. The highest BCUT2D eigenvalue weighted by Gasteiger charge is 2.37. The van der Waals surface area contributed by atoms with Crippen LogP contribution in [0.15, 0.2) is 136 Å². The number of hydrogen-bond acceptors (Lipinski definition) is 26. The number of aliphatic hydroxyl groups excluding tert-OH is 1. The molecule has 17 rings (SSSR count). The molecule has 43 heteroatoms. The molecule has 6 aliphatic carbocycles. The lowest BCUT2D eigenvalue weighted by Gasteiger charge is -2.42. The number of carbonyl (C=O) groups excluding carboxylic acids is 5. The smallest absolute Gasteiger partial charge is 0.333 e. The van der Waals surface area contributed by atoms with E-state index in [9.17, 15) is 67.9 Å². The number of nitrogens with zero attached hydrogens (tertiary/aromatic N) is 12. The number of pyridine rings is 2. The highest BCUT2D eigenvalue weighted by molar-refractivity contribution is 7.91. The number of methoxy groups -OCH3 is 4. The van der Waals surface area contributed by atoms with Gasteiger partial charge < -0.3 is 55.3 Å². The zero-order chi connectivity index (χ0) is 97.3. The fraction of sp³-hybridized carbons (Fsp3) is 0.452. The summed E-state index contributed by atoms with van der Waals surface area (Å²) in [6.07, 6.45) is 27.0. The van der Waals surface area contributed by atoms with Crippen LogP contribution in [0.1, 0.15) is 164 Å². The Kier molecular flexibility index (Phi) is 30.9. The molecule has 1 atom stereocenters. The quantitative estimate of drug-likeness (QED) is 0.0200. The first-order chi connectivity index (χ1) is 64.7. The summed E-state index contributed by atoms with van der Waals surface area (Å²) in [5.41, 5.74) is 18.1. The van der Waals surface area contributed by atoms with Crippen molar-refractivity contribution < 1.29 is 86.8 Å². The molecule has 0 bridgehead atoms. The molecule has 0 unspecified atom stereocenters. The van der Waals surface area contributed by atoms with Crippen LogP contribution in [0.4, 0.5) is 41.9 Å². The molecule has 0 spiro atoms. The van der Waals surface area contributed by atoms with E-state index in [0.29, 0.717) is 54.9 Å². The number of aliphatic hydroxyl groups is 2. The average Bonchev–Trinajstić information content (AvgIpc) is 1.61. The van der Waals surface area contributed by atoms with Crippen LogP contribution in [0.25, 0.3) is 22.3 Å². The number of aromatic nitrogens is 10. The Morgan fingerprint density at radius 2 is 0.926 bits per heavy atom. The summed E-state index contributed by atoms with van der Waals surface area (Å²) >= 11 is 0. The summed E-state index contributed by atoms with van der Waals surface area (Å²) in [6, 6.07) is 18.8. The minimum atomic E-state index is -4.39. The number of urea groups is 4. The van der Waals surface area contributed by atoms with Crippen molar-refractivity contribution in [1.82, 2.24) is 77.8 Å². The number of carbonyl (C=O) groups is 5. The van der Waals surface area contributed by atoms with Gasteiger partial charge in [0.05, 0.1) is 81.0 Å². The molecule has 7 heterocycles. The number of ether oxygens (including phenoxy) is 4. The topological polar surface area (TPSA) is 499 Å². The minimum absolute atomic E-state index is 0.0835. The van der Waals surface area contributed by atoms with Crippen LogP contribution in [-0.4, -0.2) is 218 Å². The average molecular weight is 1950 g/mol. The van der Waals surface area contributed by atoms with Gasteiger partial charge in [-0.05, 0) is 253 Å². The summed E-state index contributed by atoms with van der Waals surface area (Å²) in [4.78, 5) is 76.2. The fourth-order valence-electron chi connectivity index (χ4n) is 18.4. The van der Waals surface area contributed by atoms with Crippen molar-refractivity contribution in [2.24, 2.45) is 7.05 Å². The summed E-state index contributed by atoms with van der Waals surface area (Å²) in [7, 11) is -8.95. The number of sulfonamides is 4. The second kappa shape index (κ2) is 42.2. The van der Waals surface area contributed by atoms with Gasteiger partial charge in [-0.2, -0.15) is 37.2 Å². The molecule has 1 aliphatic heterocycles. The van der Waals surface area contributed by atoms with E-state index in [1.807, 2.05) is 55.8 Å². The van der Waals surface area contributed by atoms with E-state index in [-0.39, 0.29) is 45.6 Å². The highest BCUT2D eigenvalue weighted by atomic mass is 32.2. The molecule has 10 aromatic rings. The van der Waals surface area contributed by atoms with Crippen LogP contribution in [0.2, 0.25) is 0 Å². The van der Waals surface area contributed by atoms with Gasteiger partial charge in [-0.15, -0.1) is 0 Å². The van der Waals surface area contributed by atoms with Gasteiger partial charge in [-0.25, -0.2) is 64.9 Å². The Hall–Kier alpha value is -12.2. The van der Waals surface area contributed by atoms with E-state index < -0.39 is 86.5 Å². The van der Waals surface area contributed by atoms with Crippen LogP contribution >= 0.6 is 0 Å². The second-order valence-corrected chi connectivity index (χ2v) is 42.6. The maximum atomic E-state index is 13.1. The molecule has 136 heavy (non-hydrogen) atoms. The lowest BCUT2D eigenvalue weighted by Crippen LogP contribution is -2.56. The number of nitrogens with one attached hydrogen (secondary N) is 8. The zero-order valence-corrected chi connectivity index (χ0v) is 81.3. The van der Waals surface area contributed by atoms with Gasteiger partial charge in [0.1, 0.15) is 15.5 Å². The summed E-state index contributed by atoms with van der Waals surface area (Å²) in [5.74, 6) is 0.477. The maximum Gasteiger partial charge on any atom is 0.333 e. The lowest BCUT2D eigenvalue weighted by molar-refractivity contribution is -0.0432. The molecular weight excluding hydrogens is 1830 g/mol. The summed E-state index contributed by atoms with van der Waals surface area (Å²) in [6.45, 7) is 14.5. The fourth-order valence-corrected chi connectivity index (χ4v) is 21.9. The minimum Gasteiger partial charge on any atom is -0.481 e. The predicted octanol–water partition coefficient (Wildman–Crippen LogP) is 9.90. The normalized spacial score (nSPS) is 15.1. The third-order valence-electron chi connectivity index (χ3n) is 24.7. The molecule has 6 aromatic heterocycles. The number of hydrogen-bond donors (Lipinski definition) is 10. The predicted molar refractivity (Wildman–Crippen MR) is 507 cm³/mol. The van der Waals surface area contributed by atoms with Gasteiger partial charge >= 0.3 is 24.1 Å². The first-order valence-corrected chi connectivity index (χ1v) is 51.2. The maximum absolute atomic E-state index is 13.1. The van der Waals surface area contributed by atoms with Crippen molar-refractivity contribution in [3.63, 3.8) is 0 Å². The van der Waals surface area contributed by atoms with Gasteiger partial charge in [0.15, 0.2) is 10.1 Å². The summed E-state index contributed by atoms with van der Waals surface area (Å²) in [5, 5.41) is 46.0. The van der Waals surface area contributed by atoms with E-state index in [2.05, 4.69) is 82.8 Å². The van der Waals surface area contributed by atoms with E-state index in [0.717, 1.165) is 214 Å². The molecule has 728 valence electrons. The molecule has 7 aliphatic rings. The van der Waals surface area contributed by atoms with Gasteiger partial charge in [0.25, 0.3) is 46.0 Å². The monoisotopic (exact) mass is 1950 g/mol. The van der Waals surface area contributed by atoms with Crippen LogP contribution in [-0.2, 0) is 152 Å². The third-order valence-corrected chi connectivity index (χ3v) is 29.7. The molecule has 0 radical (unpaired) electrons. The molecule has 1 fully saturated rings. The Morgan fingerprint density at radius 1 is 0.507 bits per heavy atom. The van der Waals surface area contributed by atoms with Crippen molar-refractivity contribution in [3.05, 3.63) is 189 Å². The first kappa shape index (κ1) is 99.7. The second-order valence-electron chi connectivity index (χ2n) is 36.0. The Bertz CT molecular complexity index is 6570. The highest BCUT2D eigenvalue weighted by Crippen LogP contribution is 2.44. The Labute approximate surface area is 791 Å². The lowest BCUT2D eigenvalue weighted by atomic mass is 9.98. The summed E-state index contributed by atoms with van der Waals surface area (Å²) < 4.78 is 137. The van der Waals surface area contributed by atoms with Crippen molar-refractivity contribution in [3.8, 4) is 34.0 Å². The first-order valence-electron chi connectivity index (χ1n) is 45.3. The third kappa shape index (κ3) is 23.7. The van der Waals surface area contributed by atoms with E-state index >= 15 is 0 Å². The molecule has 39 nitrogen and oxygen atoms in total. The van der Waals surface area contributed by atoms with Crippen molar-refractivity contribution in [2.75, 3.05) is 89.0 Å². The Morgan fingerprint density at radius 3 is 1.35 bits per heavy atom. The molecule has 10 N–H and O–H groups in total. The van der Waals surface area contributed by atoms with E-state index in [4.69, 9.17) is 18.9 Å². The van der Waals surface area contributed by atoms with Crippen LogP contribution in [0.5, 0.6) is 11.8 Å². The molecule has 9 amide bonds. The SMILES string of the molecule is CC(C)(O)Cn1cc(S(=O)(=O)NC(=O)Nc2c3c(cc4c2CCC4)CCC3)cn1.CCCN(CCOC)C(=O)c1cc(S(=O)(=O)NC(=O)Nc2c(-c3ccnc(OC)c3)ccc3c2CCC3)nn1C.COc1cc(-c2ccc3c(c2NC(=O)NS(=O)(=O)c2ccn(C(C)(C)CN4CC(OC)C4)n2)CCC3)ccn1.C[C@@H](O)Cn1cc(S(=O)(=O)NC(=O)Nc2c3c(cc4c2CCC4)CCC3)cn1. The molecule has 4 aromatic carbocycles. The van der Waals surface area contributed by atoms with Gasteiger partial charge in [-0.3, -0.25) is 28.4 Å². The van der Waals surface area contributed by atoms with E-state index in [1.165, 1.54) is 88.3 Å². The Balaban J connectivity index is 0.000000147. The van der Waals surface area contributed by atoms with Crippen LogP contribution < -0.4 is 49.6 Å². The number of benzene rings is 4. The number of anilines is 4. The number of aryl methyl sites for hydroxylation is 7. The van der Waals surface area contributed by atoms with Gasteiger partial charge in [0.2, 0.25) is 11.8 Å². The molecule has 1 saturated heterocycles. The largest absolute Gasteiger partial charge is 0.481 e. The number of rotatable bonds is 30. The van der Waals surface area contributed by atoms with Crippen LogP contribution in [0, 0.1) is 0 Å². The van der Waals surface area contributed by atoms with Crippen molar-refractivity contribution >= 4 is 92.9 Å². The number of likely N-dealkylation sites (tertiary alicyclic amines) is 1. The number of amides is 9.